The van der Waals surface area contributed by atoms with Crippen LogP contribution in [0, 0.1) is 11.2 Å². The first kappa shape index (κ1) is 25.6. The van der Waals surface area contributed by atoms with Crippen LogP contribution in [-0.4, -0.2) is 41.2 Å². The highest BCUT2D eigenvalue weighted by Gasteiger charge is 2.12. The first-order valence-electron chi connectivity index (χ1n) is 11.4. The smallest absolute Gasteiger partial charge is 0.146 e. The van der Waals surface area contributed by atoms with Gasteiger partial charge in [-0.15, -0.1) is 0 Å². The minimum Gasteiger partial charge on any atom is -0.405 e. The number of benzene rings is 2. The van der Waals surface area contributed by atoms with Crippen LogP contribution >= 0.6 is 0 Å². The number of fused-ring (bicyclic) bond motifs is 1. The number of hydrogen-bond acceptors (Lipinski definition) is 7. The van der Waals surface area contributed by atoms with Crippen LogP contribution in [0.2, 0.25) is 0 Å². The Bertz CT molecular complexity index is 1280. The second-order valence-electron chi connectivity index (χ2n) is 8.42. The number of nitrogens with one attached hydrogen (secondary N) is 3. The molecule has 0 unspecified atom stereocenters. The first-order valence-corrected chi connectivity index (χ1v) is 11.4. The predicted molar refractivity (Wildman–Crippen MR) is 144 cm³/mol. The van der Waals surface area contributed by atoms with Crippen LogP contribution in [0.15, 0.2) is 73.4 Å². The largest absolute Gasteiger partial charge is 0.405 e. The summed E-state index contributed by atoms with van der Waals surface area (Å²) < 4.78 is 14.9. The van der Waals surface area contributed by atoms with Crippen LogP contribution in [0.1, 0.15) is 18.1 Å². The molecule has 0 saturated carbocycles. The van der Waals surface area contributed by atoms with E-state index in [1.165, 1.54) is 24.7 Å². The van der Waals surface area contributed by atoms with Crippen molar-refractivity contribution < 1.29 is 4.39 Å². The molecule has 8 heteroatoms. The average Bonchev–Trinajstić information content (AvgIpc) is 2.80. The van der Waals surface area contributed by atoms with Gasteiger partial charge in [0, 0.05) is 35.4 Å². The molecular weight excluding hydrogens is 441 g/mol. The Hall–Kier alpha value is -4.04. The zero-order valence-corrected chi connectivity index (χ0v) is 20.4. The molecule has 0 aliphatic rings. The summed E-state index contributed by atoms with van der Waals surface area (Å²) in [7, 11) is 4.02. The lowest BCUT2D eigenvalue weighted by Gasteiger charge is -2.15. The molecule has 0 spiro atoms. The summed E-state index contributed by atoms with van der Waals surface area (Å²) in [5.41, 5.74) is 10.1. The predicted octanol–water partition coefficient (Wildman–Crippen LogP) is 5.15. The maximum Gasteiger partial charge on any atom is 0.146 e. The van der Waals surface area contributed by atoms with Crippen LogP contribution in [0.5, 0.6) is 0 Å². The molecule has 0 atom stereocenters. The Labute approximate surface area is 205 Å². The van der Waals surface area contributed by atoms with Crippen molar-refractivity contribution >= 4 is 33.8 Å². The molecule has 0 bridgehead atoms. The molecule has 35 heavy (non-hydrogen) atoms. The minimum atomic E-state index is -0.429. The Morgan fingerprint density at radius 3 is 2.66 bits per heavy atom. The number of aromatic nitrogens is 2. The summed E-state index contributed by atoms with van der Waals surface area (Å²) in [6.45, 7) is 7.00. The fourth-order valence-electron chi connectivity index (χ4n) is 3.57. The van der Waals surface area contributed by atoms with Gasteiger partial charge < -0.3 is 26.7 Å². The van der Waals surface area contributed by atoms with Crippen molar-refractivity contribution in [2.75, 3.05) is 31.3 Å². The highest BCUT2D eigenvalue weighted by Crippen LogP contribution is 2.30. The van der Waals surface area contributed by atoms with Gasteiger partial charge in [0.15, 0.2) is 0 Å². The topological polar surface area (TPSA) is 103 Å². The fraction of sp³-hybridized carbons (Fsp3) is 0.222. The molecule has 0 amide bonds. The molecule has 1 heterocycles. The van der Waals surface area contributed by atoms with Crippen LogP contribution in [0.4, 0.5) is 21.6 Å². The van der Waals surface area contributed by atoms with Crippen molar-refractivity contribution in [3.05, 3.63) is 90.3 Å². The van der Waals surface area contributed by atoms with Crippen LogP contribution in [0.3, 0.4) is 0 Å². The van der Waals surface area contributed by atoms with Crippen molar-refractivity contribution in [1.82, 2.24) is 14.9 Å². The van der Waals surface area contributed by atoms with Gasteiger partial charge in [-0.25, -0.2) is 14.4 Å². The normalized spacial score (nSPS) is 11.6. The van der Waals surface area contributed by atoms with E-state index in [0.717, 1.165) is 40.8 Å². The molecule has 0 fully saturated rings. The van der Waals surface area contributed by atoms with Gasteiger partial charge in [-0.3, -0.25) is 0 Å². The van der Waals surface area contributed by atoms with E-state index in [1.807, 2.05) is 38.4 Å². The fourth-order valence-corrected chi connectivity index (χ4v) is 3.57. The Balaban J connectivity index is 1.89. The summed E-state index contributed by atoms with van der Waals surface area (Å²) in [5.74, 6) is 0.0710. The van der Waals surface area contributed by atoms with Gasteiger partial charge >= 0.3 is 0 Å². The molecule has 3 aromatic rings. The van der Waals surface area contributed by atoms with Gasteiger partial charge in [0.1, 0.15) is 18.0 Å². The van der Waals surface area contributed by atoms with Crippen molar-refractivity contribution in [3.8, 4) is 0 Å². The van der Waals surface area contributed by atoms with Crippen molar-refractivity contribution in [2.45, 2.75) is 19.8 Å². The Morgan fingerprint density at radius 1 is 1.17 bits per heavy atom. The summed E-state index contributed by atoms with van der Waals surface area (Å²) in [6.07, 6.45) is 9.35. The van der Waals surface area contributed by atoms with E-state index in [0.29, 0.717) is 29.2 Å². The number of nitrogens with zero attached hydrogens (tertiary/aromatic N) is 3. The van der Waals surface area contributed by atoms with E-state index in [2.05, 4.69) is 39.0 Å². The maximum absolute atomic E-state index is 14.9. The molecule has 5 N–H and O–H groups in total. The standard InChI is InChI=1S/C27H32FN7/c1-5-20-15-26-22(16-25(20)33-18(2)7-6-12-35(3)4)27(32-17-31-26)34-24-9-8-19(14-23(24)28)13-21(30)10-11-29/h6-11,14-17,30,33H,2,5,12-13,29H2,1,3-4H3,(H,31,32,34)/b7-6+,11-10-,30-21?. The van der Waals surface area contributed by atoms with Gasteiger partial charge in [0.05, 0.1) is 11.2 Å². The number of nitrogens with two attached hydrogens (primary N) is 1. The van der Waals surface area contributed by atoms with Gasteiger partial charge in [0.2, 0.25) is 0 Å². The van der Waals surface area contributed by atoms with Crippen LogP contribution in [0.25, 0.3) is 10.9 Å². The van der Waals surface area contributed by atoms with Crippen LogP contribution < -0.4 is 16.4 Å². The quantitative estimate of drug-likeness (QED) is 0.227. The molecule has 0 aliphatic carbocycles. The summed E-state index contributed by atoms with van der Waals surface area (Å²) in [5, 5.41) is 15.1. The molecular formula is C27H32FN7. The lowest BCUT2D eigenvalue weighted by Crippen LogP contribution is -2.10. The second kappa shape index (κ2) is 11.9. The summed E-state index contributed by atoms with van der Waals surface area (Å²) in [6, 6.07) is 8.82. The van der Waals surface area contributed by atoms with E-state index in [-0.39, 0.29) is 0 Å². The third-order valence-electron chi connectivity index (χ3n) is 5.30. The van der Waals surface area contributed by atoms with Gasteiger partial charge in [-0.2, -0.15) is 0 Å². The molecule has 7 nitrogen and oxygen atoms in total. The number of aryl methyl sites for hydroxylation is 1. The molecule has 0 radical (unpaired) electrons. The Morgan fingerprint density at radius 2 is 1.97 bits per heavy atom. The van der Waals surface area contributed by atoms with Gasteiger partial charge in [-0.05, 0) is 74.3 Å². The highest BCUT2D eigenvalue weighted by molar-refractivity contribution is 5.95. The highest BCUT2D eigenvalue weighted by atomic mass is 19.1. The maximum atomic E-state index is 14.9. The number of likely N-dealkylation sites (N-methyl/N-ethyl adjacent to an activating group) is 1. The number of rotatable bonds is 11. The minimum absolute atomic E-state index is 0.291. The van der Waals surface area contributed by atoms with Crippen molar-refractivity contribution in [2.24, 2.45) is 5.73 Å². The van der Waals surface area contributed by atoms with E-state index in [9.17, 15) is 4.39 Å². The SMILES string of the molecule is C=C(/C=C/CN(C)C)Nc1cc2c(Nc3ccc(CC(=N)/C=C\N)cc3F)ncnc2cc1CC. The number of allylic oxidation sites excluding steroid dienone is 2. The van der Waals surface area contributed by atoms with Crippen LogP contribution in [-0.2, 0) is 12.8 Å². The lowest BCUT2D eigenvalue weighted by molar-refractivity contribution is 0.456. The van der Waals surface area contributed by atoms with Crippen molar-refractivity contribution in [3.63, 3.8) is 0 Å². The zero-order valence-electron chi connectivity index (χ0n) is 20.4. The van der Waals surface area contributed by atoms with Gasteiger partial charge in [-0.1, -0.05) is 25.6 Å². The zero-order chi connectivity index (χ0) is 25.4. The lowest BCUT2D eigenvalue weighted by atomic mass is 10.1. The average molecular weight is 474 g/mol. The third-order valence-corrected chi connectivity index (χ3v) is 5.30. The van der Waals surface area contributed by atoms with Gasteiger partial charge in [0.25, 0.3) is 0 Å². The number of hydrogen-bond donors (Lipinski definition) is 4. The molecule has 1 aromatic heterocycles. The van der Waals surface area contributed by atoms with E-state index >= 15 is 0 Å². The second-order valence-corrected chi connectivity index (χ2v) is 8.42. The molecule has 3 rings (SSSR count). The summed E-state index contributed by atoms with van der Waals surface area (Å²) in [4.78, 5) is 10.8. The molecule has 182 valence electrons. The van der Waals surface area contributed by atoms with Crippen molar-refractivity contribution in [1.29, 1.82) is 5.41 Å². The number of halogens is 1. The summed E-state index contributed by atoms with van der Waals surface area (Å²) >= 11 is 0. The molecule has 2 aromatic carbocycles. The number of anilines is 3. The molecule has 0 aliphatic heterocycles. The Kier molecular flexibility index (Phi) is 8.69. The molecule has 0 saturated heterocycles. The van der Waals surface area contributed by atoms with E-state index < -0.39 is 5.82 Å². The first-order chi connectivity index (χ1) is 16.8. The monoisotopic (exact) mass is 473 g/mol. The van der Waals surface area contributed by atoms with E-state index in [1.54, 1.807) is 12.1 Å². The third kappa shape index (κ3) is 6.97. The van der Waals surface area contributed by atoms with E-state index in [4.69, 9.17) is 11.1 Å².